The average Bonchev–Trinajstić information content (AvgIpc) is 2.69. The summed E-state index contributed by atoms with van der Waals surface area (Å²) in [7, 11) is 0. The van der Waals surface area contributed by atoms with Crippen LogP contribution in [-0.2, 0) is 0 Å². The van der Waals surface area contributed by atoms with E-state index < -0.39 is 0 Å². The maximum absolute atomic E-state index is 11.8. The quantitative estimate of drug-likeness (QED) is 0.888. The predicted octanol–water partition coefficient (Wildman–Crippen LogP) is 3.76. The minimum atomic E-state index is -0.325. The highest BCUT2D eigenvalue weighted by Crippen LogP contribution is 2.19. The van der Waals surface area contributed by atoms with Crippen molar-refractivity contribution in [3.05, 3.63) is 44.9 Å². The van der Waals surface area contributed by atoms with Crippen molar-refractivity contribution >= 4 is 43.6 Å². The van der Waals surface area contributed by atoms with E-state index >= 15 is 0 Å². The Labute approximate surface area is 115 Å². The lowest BCUT2D eigenvalue weighted by molar-refractivity contribution is 0.0995. The molecule has 0 unspecified atom stereocenters. The predicted molar refractivity (Wildman–Crippen MR) is 71.0 cm³/mol. The fraction of sp³-hybridized carbons (Fsp3) is 0.0909. The lowest BCUT2D eigenvalue weighted by Gasteiger charge is -2.05. The first-order chi connectivity index (χ1) is 8.06. The summed E-state index contributed by atoms with van der Waals surface area (Å²) in [6.07, 6.45) is 1.63. The zero-order chi connectivity index (χ0) is 12.4. The van der Waals surface area contributed by atoms with E-state index in [0.29, 0.717) is 10.5 Å². The minimum Gasteiger partial charge on any atom is -0.444 e. The second kappa shape index (κ2) is 5.01. The lowest BCUT2D eigenvalue weighted by Crippen LogP contribution is -2.13. The zero-order valence-electron chi connectivity index (χ0n) is 8.83. The first-order valence-corrected chi connectivity index (χ1v) is 6.33. The molecule has 88 valence electrons. The van der Waals surface area contributed by atoms with Crippen LogP contribution in [0.25, 0.3) is 0 Å². The molecular weight excluding hydrogens is 352 g/mol. The zero-order valence-corrected chi connectivity index (χ0v) is 12.0. The first kappa shape index (κ1) is 12.3. The van der Waals surface area contributed by atoms with Gasteiger partial charge in [0.2, 0.25) is 0 Å². The molecule has 17 heavy (non-hydrogen) atoms. The molecule has 0 saturated carbocycles. The molecule has 0 saturated heterocycles. The molecule has 0 radical (unpaired) electrons. The van der Waals surface area contributed by atoms with Gasteiger partial charge in [0.1, 0.15) is 5.82 Å². The second-order valence-electron chi connectivity index (χ2n) is 3.38. The molecule has 0 bridgehead atoms. The van der Waals surface area contributed by atoms with Gasteiger partial charge >= 0.3 is 0 Å². The number of amides is 1. The summed E-state index contributed by atoms with van der Waals surface area (Å²) >= 11 is 6.45. The number of aromatic nitrogens is 1. The molecular formula is C11H8Br2N2O2. The number of carbonyl (C=O) groups excluding carboxylic acids is 1. The molecule has 0 atom stereocenters. The summed E-state index contributed by atoms with van der Waals surface area (Å²) in [5, 5.41) is 2.68. The highest BCUT2D eigenvalue weighted by molar-refractivity contribution is 9.10. The van der Waals surface area contributed by atoms with Gasteiger partial charge in [0, 0.05) is 10.7 Å². The number of furan rings is 1. The Bertz CT molecular complexity index is 566. The Morgan fingerprint density at radius 3 is 2.76 bits per heavy atom. The summed E-state index contributed by atoms with van der Waals surface area (Å²) < 4.78 is 6.53. The van der Waals surface area contributed by atoms with Crippen molar-refractivity contribution in [2.75, 3.05) is 5.32 Å². The third kappa shape index (κ3) is 2.95. The number of hydrogen-bond donors (Lipinski definition) is 1. The molecule has 2 rings (SSSR count). The summed E-state index contributed by atoms with van der Waals surface area (Å²) in [6, 6.07) is 5.13. The molecule has 1 N–H and O–H groups in total. The van der Waals surface area contributed by atoms with Crippen LogP contribution in [0.4, 0.5) is 5.82 Å². The number of anilines is 1. The molecule has 0 aliphatic heterocycles. The molecule has 0 aliphatic carbocycles. The molecule has 0 fully saturated rings. The van der Waals surface area contributed by atoms with Gasteiger partial charge in [0.25, 0.3) is 5.91 Å². The van der Waals surface area contributed by atoms with Gasteiger partial charge < -0.3 is 9.73 Å². The first-order valence-electron chi connectivity index (χ1n) is 4.75. The van der Waals surface area contributed by atoms with Crippen LogP contribution in [-0.4, -0.2) is 10.9 Å². The number of carbonyl (C=O) groups is 1. The van der Waals surface area contributed by atoms with E-state index in [0.717, 1.165) is 10.0 Å². The largest absolute Gasteiger partial charge is 0.444 e. The van der Waals surface area contributed by atoms with Crippen LogP contribution in [0.1, 0.15) is 16.1 Å². The van der Waals surface area contributed by atoms with Gasteiger partial charge in [-0.25, -0.2) is 4.98 Å². The van der Waals surface area contributed by atoms with E-state index in [1.54, 1.807) is 18.3 Å². The number of rotatable bonds is 2. The monoisotopic (exact) mass is 358 g/mol. The molecule has 2 aromatic rings. The highest BCUT2D eigenvalue weighted by Gasteiger charge is 2.12. The van der Waals surface area contributed by atoms with Gasteiger partial charge in [0.15, 0.2) is 10.4 Å². The number of nitrogens with zero attached hydrogens (tertiary/aromatic N) is 1. The SMILES string of the molecule is Cc1cc(Br)cnc1NC(=O)c1ccc(Br)o1. The number of halogens is 2. The van der Waals surface area contributed by atoms with Gasteiger partial charge in [-0.1, -0.05) is 0 Å². The van der Waals surface area contributed by atoms with Crippen LogP contribution in [0.3, 0.4) is 0 Å². The third-order valence-electron chi connectivity index (χ3n) is 2.07. The Morgan fingerprint density at radius 2 is 2.18 bits per heavy atom. The van der Waals surface area contributed by atoms with E-state index in [2.05, 4.69) is 42.2 Å². The summed E-state index contributed by atoms with van der Waals surface area (Å²) in [4.78, 5) is 15.9. The number of aryl methyl sites for hydroxylation is 1. The topological polar surface area (TPSA) is 55.1 Å². The summed E-state index contributed by atoms with van der Waals surface area (Å²) in [5.41, 5.74) is 0.873. The van der Waals surface area contributed by atoms with Crippen molar-refractivity contribution < 1.29 is 9.21 Å². The van der Waals surface area contributed by atoms with Gasteiger partial charge in [-0.15, -0.1) is 0 Å². The molecule has 0 aliphatic rings. The fourth-order valence-electron chi connectivity index (χ4n) is 1.28. The van der Waals surface area contributed by atoms with Crippen molar-refractivity contribution in [2.45, 2.75) is 6.92 Å². The van der Waals surface area contributed by atoms with Gasteiger partial charge in [-0.05, 0) is 62.5 Å². The number of hydrogen-bond acceptors (Lipinski definition) is 3. The standard InChI is InChI=1S/C11H8Br2N2O2/c1-6-4-7(12)5-14-10(6)15-11(16)8-2-3-9(13)17-8/h2-5H,1H3,(H,14,15,16). The van der Waals surface area contributed by atoms with Crippen LogP contribution in [0, 0.1) is 6.92 Å². The molecule has 4 nitrogen and oxygen atoms in total. The maximum Gasteiger partial charge on any atom is 0.292 e. The summed E-state index contributed by atoms with van der Waals surface area (Å²) in [5.74, 6) is 0.431. The van der Waals surface area contributed by atoms with Gasteiger partial charge in [0.05, 0.1) is 0 Å². The van der Waals surface area contributed by atoms with E-state index in [4.69, 9.17) is 4.42 Å². The van der Waals surface area contributed by atoms with Crippen molar-refractivity contribution in [3.8, 4) is 0 Å². The smallest absolute Gasteiger partial charge is 0.292 e. The Hall–Kier alpha value is -1.14. The normalized spacial score (nSPS) is 10.3. The van der Waals surface area contributed by atoms with E-state index in [-0.39, 0.29) is 11.7 Å². The summed E-state index contributed by atoms with van der Waals surface area (Å²) in [6.45, 7) is 1.87. The molecule has 6 heteroatoms. The Morgan fingerprint density at radius 1 is 1.41 bits per heavy atom. The van der Waals surface area contributed by atoms with Crippen LogP contribution in [0.2, 0.25) is 0 Å². The van der Waals surface area contributed by atoms with Crippen molar-refractivity contribution in [2.24, 2.45) is 0 Å². The molecule has 2 aromatic heterocycles. The van der Waals surface area contributed by atoms with Crippen LogP contribution >= 0.6 is 31.9 Å². The Balaban J connectivity index is 2.18. The number of nitrogens with one attached hydrogen (secondary N) is 1. The lowest BCUT2D eigenvalue weighted by atomic mass is 10.3. The molecule has 2 heterocycles. The van der Waals surface area contributed by atoms with Crippen LogP contribution in [0.5, 0.6) is 0 Å². The van der Waals surface area contributed by atoms with E-state index in [9.17, 15) is 4.79 Å². The van der Waals surface area contributed by atoms with Crippen LogP contribution < -0.4 is 5.32 Å². The minimum absolute atomic E-state index is 0.237. The van der Waals surface area contributed by atoms with E-state index in [1.807, 2.05) is 13.0 Å². The van der Waals surface area contributed by atoms with Crippen molar-refractivity contribution in [3.63, 3.8) is 0 Å². The third-order valence-corrected chi connectivity index (χ3v) is 2.93. The number of pyridine rings is 1. The van der Waals surface area contributed by atoms with E-state index in [1.165, 1.54) is 0 Å². The maximum atomic E-state index is 11.8. The molecule has 0 aromatic carbocycles. The fourth-order valence-corrected chi connectivity index (χ4v) is 2.03. The van der Waals surface area contributed by atoms with Crippen molar-refractivity contribution in [1.82, 2.24) is 4.98 Å². The van der Waals surface area contributed by atoms with Gasteiger partial charge in [-0.3, -0.25) is 4.79 Å². The molecule has 0 spiro atoms. The average molecular weight is 360 g/mol. The van der Waals surface area contributed by atoms with Crippen molar-refractivity contribution in [1.29, 1.82) is 0 Å². The van der Waals surface area contributed by atoms with Crippen LogP contribution in [0.15, 0.2) is 38.0 Å². The molecule has 1 amide bonds. The van der Waals surface area contributed by atoms with Gasteiger partial charge in [-0.2, -0.15) is 0 Å². The second-order valence-corrected chi connectivity index (χ2v) is 5.07. The Kier molecular flexibility index (Phi) is 3.63. The highest BCUT2D eigenvalue weighted by atomic mass is 79.9.